The number of carbonyl (C=O) groups is 1. The van der Waals surface area contributed by atoms with E-state index in [2.05, 4.69) is 9.97 Å². The van der Waals surface area contributed by atoms with E-state index in [1.54, 1.807) is 11.9 Å². The number of aromatic amines is 1. The lowest BCUT2D eigenvalue weighted by atomic mass is 10.2. The highest BCUT2D eigenvalue weighted by Crippen LogP contribution is 2.18. The van der Waals surface area contributed by atoms with Gasteiger partial charge in [-0.05, 0) is 25.5 Å². The molecule has 0 aliphatic carbocycles. The number of amides is 1. The van der Waals surface area contributed by atoms with Crippen molar-refractivity contribution in [2.45, 2.75) is 25.5 Å². The zero-order valence-corrected chi connectivity index (χ0v) is 16.0. The number of rotatable bonds is 6. The third-order valence-corrected chi connectivity index (χ3v) is 5.24. The lowest BCUT2D eigenvalue weighted by molar-refractivity contribution is -0.128. The second-order valence-electron chi connectivity index (χ2n) is 6.15. The first-order valence-corrected chi connectivity index (χ1v) is 9.49. The van der Waals surface area contributed by atoms with E-state index in [0.717, 1.165) is 11.3 Å². The van der Waals surface area contributed by atoms with Gasteiger partial charge in [0.25, 0.3) is 5.56 Å². The summed E-state index contributed by atoms with van der Waals surface area (Å²) in [6, 6.07) is 11.8. The first-order chi connectivity index (χ1) is 12.5. The average molecular weight is 370 g/mol. The summed E-state index contributed by atoms with van der Waals surface area (Å²) in [7, 11) is 1.68. The largest absolute Gasteiger partial charge is 0.353 e. The Bertz CT molecular complexity index is 978. The van der Waals surface area contributed by atoms with E-state index in [-0.39, 0.29) is 17.2 Å². The molecule has 6 nitrogen and oxygen atoms in total. The van der Waals surface area contributed by atoms with Gasteiger partial charge in [-0.15, -0.1) is 0 Å². The summed E-state index contributed by atoms with van der Waals surface area (Å²) in [5.74, 6) is 0.275. The number of thioether (sulfide) groups is 1. The fourth-order valence-corrected chi connectivity index (χ4v) is 3.66. The van der Waals surface area contributed by atoms with Gasteiger partial charge in [0.05, 0.1) is 11.3 Å². The van der Waals surface area contributed by atoms with Gasteiger partial charge < -0.3 is 9.88 Å². The molecule has 7 heteroatoms. The van der Waals surface area contributed by atoms with Gasteiger partial charge >= 0.3 is 0 Å². The predicted molar refractivity (Wildman–Crippen MR) is 104 cm³/mol. The van der Waals surface area contributed by atoms with Crippen molar-refractivity contribution in [3.63, 3.8) is 0 Å². The molecule has 0 unspecified atom stereocenters. The SMILES string of the molecule is CCN(Cc1ccccc1)C(=O)CSc1nc2cc(C)[nH]c2c(=O)n1C. The van der Waals surface area contributed by atoms with Crippen LogP contribution in [-0.4, -0.2) is 37.6 Å². The van der Waals surface area contributed by atoms with Crippen molar-refractivity contribution in [3.8, 4) is 0 Å². The maximum Gasteiger partial charge on any atom is 0.278 e. The van der Waals surface area contributed by atoms with Crippen LogP contribution in [0.25, 0.3) is 11.0 Å². The maximum absolute atomic E-state index is 12.6. The topological polar surface area (TPSA) is 71.0 Å². The molecule has 0 spiro atoms. The van der Waals surface area contributed by atoms with Crippen LogP contribution >= 0.6 is 11.8 Å². The van der Waals surface area contributed by atoms with Gasteiger partial charge in [0, 0.05) is 25.8 Å². The lowest BCUT2D eigenvalue weighted by Gasteiger charge is -2.21. The molecule has 2 heterocycles. The molecule has 0 saturated heterocycles. The van der Waals surface area contributed by atoms with Crippen molar-refractivity contribution in [1.29, 1.82) is 0 Å². The molecule has 0 saturated carbocycles. The summed E-state index contributed by atoms with van der Waals surface area (Å²) in [5, 5.41) is 0.547. The normalized spacial score (nSPS) is 11.0. The molecule has 136 valence electrons. The molecule has 1 amide bonds. The van der Waals surface area contributed by atoms with Crippen molar-refractivity contribution in [2.24, 2.45) is 7.05 Å². The zero-order chi connectivity index (χ0) is 18.7. The van der Waals surface area contributed by atoms with E-state index in [1.165, 1.54) is 16.3 Å². The Morgan fingerprint density at radius 1 is 1.31 bits per heavy atom. The smallest absolute Gasteiger partial charge is 0.278 e. The zero-order valence-electron chi connectivity index (χ0n) is 15.2. The number of aromatic nitrogens is 3. The minimum absolute atomic E-state index is 0.0287. The van der Waals surface area contributed by atoms with Gasteiger partial charge in [0.1, 0.15) is 5.52 Å². The number of nitrogens with zero attached hydrogens (tertiary/aromatic N) is 3. The first kappa shape index (κ1) is 18.3. The Labute approximate surface area is 156 Å². The van der Waals surface area contributed by atoms with E-state index in [0.29, 0.717) is 29.3 Å². The van der Waals surface area contributed by atoms with Gasteiger partial charge in [0.2, 0.25) is 5.91 Å². The average Bonchev–Trinajstić information content (AvgIpc) is 3.02. The summed E-state index contributed by atoms with van der Waals surface area (Å²) in [6.07, 6.45) is 0. The Balaban J connectivity index is 1.73. The van der Waals surface area contributed by atoms with Crippen molar-refractivity contribution in [3.05, 3.63) is 58.0 Å². The number of fused-ring (bicyclic) bond motifs is 1. The molecule has 0 fully saturated rings. The fraction of sp³-hybridized carbons (Fsp3) is 0.316. The third kappa shape index (κ3) is 3.83. The van der Waals surface area contributed by atoms with Gasteiger partial charge in [-0.25, -0.2) is 4.98 Å². The summed E-state index contributed by atoms with van der Waals surface area (Å²) in [4.78, 5) is 34.4. The third-order valence-electron chi connectivity index (χ3n) is 4.23. The molecule has 0 atom stereocenters. The molecule has 0 aliphatic rings. The maximum atomic E-state index is 12.6. The van der Waals surface area contributed by atoms with Crippen LogP contribution in [0.3, 0.4) is 0 Å². The van der Waals surface area contributed by atoms with Crippen LogP contribution in [0.15, 0.2) is 46.3 Å². The van der Waals surface area contributed by atoms with E-state index in [4.69, 9.17) is 0 Å². The van der Waals surface area contributed by atoms with E-state index in [9.17, 15) is 9.59 Å². The van der Waals surface area contributed by atoms with Crippen LogP contribution in [-0.2, 0) is 18.4 Å². The van der Waals surface area contributed by atoms with E-state index >= 15 is 0 Å². The Hall–Kier alpha value is -2.54. The van der Waals surface area contributed by atoms with Crippen LogP contribution in [0.4, 0.5) is 0 Å². The molecule has 2 aromatic heterocycles. The number of hydrogen-bond acceptors (Lipinski definition) is 4. The minimum atomic E-state index is -0.130. The van der Waals surface area contributed by atoms with Gasteiger partial charge in [-0.3, -0.25) is 14.2 Å². The molecule has 0 aliphatic heterocycles. The minimum Gasteiger partial charge on any atom is -0.353 e. The second-order valence-corrected chi connectivity index (χ2v) is 7.10. The van der Waals surface area contributed by atoms with Gasteiger partial charge in [-0.1, -0.05) is 42.1 Å². The predicted octanol–water partition coefficient (Wildman–Crippen LogP) is 2.71. The summed E-state index contributed by atoms with van der Waals surface area (Å²) >= 11 is 1.29. The molecule has 1 aromatic carbocycles. The highest BCUT2D eigenvalue weighted by molar-refractivity contribution is 7.99. The fourth-order valence-electron chi connectivity index (χ4n) is 2.79. The Morgan fingerprint density at radius 3 is 2.73 bits per heavy atom. The van der Waals surface area contributed by atoms with Crippen LogP contribution in [0.5, 0.6) is 0 Å². The number of benzene rings is 1. The molecule has 1 N–H and O–H groups in total. The first-order valence-electron chi connectivity index (χ1n) is 8.50. The number of aryl methyl sites for hydroxylation is 1. The highest BCUT2D eigenvalue weighted by atomic mass is 32.2. The molecular weight excluding hydrogens is 348 g/mol. The number of H-pyrrole nitrogens is 1. The molecule has 3 rings (SSSR count). The monoisotopic (exact) mass is 370 g/mol. The molecular formula is C19H22N4O2S. The van der Waals surface area contributed by atoms with Crippen LogP contribution in [0.1, 0.15) is 18.2 Å². The van der Waals surface area contributed by atoms with Crippen molar-refractivity contribution < 1.29 is 4.79 Å². The summed E-state index contributed by atoms with van der Waals surface area (Å²) in [5.41, 5.74) is 3.00. The standard InChI is InChI=1S/C19H22N4O2S/c1-4-23(11-14-8-6-5-7-9-14)16(24)12-26-19-21-15-10-13(2)20-17(15)18(25)22(19)3/h5-10,20H,4,11-12H2,1-3H3. The van der Waals surface area contributed by atoms with Crippen molar-refractivity contribution in [2.75, 3.05) is 12.3 Å². The number of hydrogen-bond donors (Lipinski definition) is 1. The Morgan fingerprint density at radius 2 is 2.04 bits per heavy atom. The summed E-state index contributed by atoms with van der Waals surface area (Å²) in [6.45, 7) is 5.07. The van der Waals surface area contributed by atoms with Crippen LogP contribution < -0.4 is 5.56 Å². The molecule has 0 radical (unpaired) electrons. The quantitative estimate of drug-likeness (QED) is 0.535. The van der Waals surface area contributed by atoms with Gasteiger partial charge in [-0.2, -0.15) is 0 Å². The molecule has 3 aromatic rings. The van der Waals surface area contributed by atoms with E-state index in [1.807, 2.05) is 50.2 Å². The van der Waals surface area contributed by atoms with Crippen LogP contribution in [0.2, 0.25) is 0 Å². The van der Waals surface area contributed by atoms with Crippen LogP contribution in [0, 0.1) is 6.92 Å². The van der Waals surface area contributed by atoms with Gasteiger partial charge in [0.15, 0.2) is 5.16 Å². The van der Waals surface area contributed by atoms with Crippen molar-refractivity contribution >= 4 is 28.7 Å². The molecule has 26 heavy (non-hydrogen) atoms. The Kier molecular flexibility index (Phi) is 5.46. The number of carbonyl (C=O) groups excluding carboxylic acids is 1. The number of nitrogens with one attached hydrogen (secondary N) is 1. The summed E-state index contributed by atoms with van der Waals surface area (Å²) < 4.78 is 1.49. The van der Waals surface area contributed by atoms with Crippen molar-refractivity contribution in [1.82, 2.24) is 19.4 Å². The lowest BCUT2D eigenvalue weighted by Crippen LogP contribution is -2.32. The highest BCUT2D eigenvalue weighted by Gasteiger charge is 2.16. The van der Waals surface area contributed by atoms with E-state index < -0.39 is 0 Å². The molecule has 0 bridgehead atoms. The second kappa shape index (κ2) is 7.78.